The Kier molecular flexibility index (Phi) is 12.8. The van der Waals surface area contributed by atoms with Gasteiger partial charge in [0.15, 0.2) is 0 Å². The zero-order chi connectivity index (χ0) is 24.3. The van der Waals surface area contributed by atoms with E-state index in [1.807, 2.05) is 6.92 Å². The highest BCUT2D eigenvalue weighted by Crippen LogP contribution is 2.11. The Labute approximate surface area is 187 Å². The van der Waals surface area contributed by atoms with Crippen molar-refractivity contribution >= 4 is 42.2 Å². The molecular formula is C19H35N5O6S. The van der Waals surface area contributed by atoms with E-state index in [9.17, 15) is 29.1 Å². The van der Waals surface area contributed by atoms with E-state index in [1.165, 1.54) is 0 Å². The van der Waals surface area contributed by atoms with E-state index in [4.69, 9.17) is 11.5 Å². The van der Waals surface area contributed by atoms with Gasteiger partial charge >= 0.3 is 5.97 Å². The number of amides is 4. The number of nitrogens with one attached hydrogen (secondary N) is 3. The van der Waals surface area contributed by atoms with E-state index in [-0.39, 0.29) is 30.4 Å². The second-order valence-electron chi connectivity index (χ2n) is 7.80. The van der Waals surface area contributed by atoms with Crippen molar-refractivity contribution < 1.29 is 29.1 Å². The Balaban J connectivity index is 5.26. The summed E-state index contributed by atoms with van der Waals surface area (Å²) in [6.45, 7) is 6.88. The number of nitrogens with two attached hydrogens (primary N) is 2. The minimum atomic E-state index is -1.18. The van der Waals surface area contributed by atoms with Gasteiger partial charge in [-0.2, -0.15) is 12.6 Å². The Hall–Kier alpha value is -2.34. The quantitative estimate of drug-likeness (QED) is 0.157. The van der Waals surface area contributed by atoms with Crippen molar-refractivity contribution in [3.8, 4) is 0 Å². The largest absolute Gasteiger partial charge is 0.480 e. The normalized spacial score (nSPS) is 15.8. The molecule has 0 aliphatic rings. The Morgan fingerprint density at radius 1 is 0.935 bits per heavy atom. The van der Waals surface area contributed by atoms with Gasteiger partial charge in [0.2, 0.25) is 23.6 Å². The lowest BCUT2D eigenvalue weighted by molar-refractivity contribution is -0.144. The first kappa shape index (κ1) is 28.7. The Morgan fingerprint density at radius 3 is 1.90 bits per heavy atom. The fourth-order valence-electron chi connectivity index (χ4n) is 2.61. The number of primary amides is 1. The van der Waals surface area contributed by atoms with Crippen LogP contribution in [0.15, 0.2) is 0 Å². The molecule has 178 valence electrons. The number of rotatable bonds is 14. The van der Waals surface area contributed by atoms with Gasteiger partial charge in [-0.05, 0) is 18.3 Å². The van der Waals surface area contributed by atoms with Crippen LogP contribution in [0.1, 0.15) is 47.0 Å². The number of hydrogen-bond acceptors (Lipinski definition) is 7. The molecule has 5 atom stereocenters. The van der Waals surface area contributed by atoms with Crippen molar-refractivity contribution in [3.63, 3.8) is 0 Å². The van der Waals surface area contributed by atoms with Crippen molar-refractivity contribution in [1.29, 1.82) is 0 Å². The highest BCUT2D eigenvalue weighted by atomic mass is 32.1. The summed E-state index contributed by atoms with van der Waals surface area (Å²) in [6, 6.07) is -4.26. The lowest BCUT2D eigenvalue weighted by Gasteiger charge is -2.28. The Morgan fingerprint density at radius 2 is 1.48 bits per heavy atom. The van der Waals surface area contributed by atoms with Gasteiger partial charge in [-0.25, -0.2) is 4.79 Å². The van der Waals surface area contributed by atoms with Crippen LogP contribution in [0.5, 0.6) is 0 Å². The molecule has 4 amide bonds. The summed E-state index contributed by atoms with van der Waals surface area (Å²) in [4.78, 5) is 59.8. The van der Waals surface area contributed by atoms with Crippen LogP contribution in [0.25, 0.3) is 0 Å². The molecule has 0 radical (unpaired) electrons. The number of hydrogen-bond donors (Lipinski definition) is 7. The summed E-state index contributed by atoms with van der Waals surface area (Å²) >= 11 is 4.07. The third-order valence-corrected chi connectivity index (χ3v) is 5.24. The number of thiol groups is 1. The monoisotopic (exact) mass is 461 g/mol. The van der Waals surface area contributed by atoms with Crippen LogP contribution in [-0.4, -0.2) is 64.6 Å². The van der Waals surface area contributed by atoms with Crippen molar-refractivity contribution in [2.45, 2.75) is 71.1 Å². The number of carboxylic acids is 1. The minimum absolute atomic E-state index is 0.0196. The number of carbonyl (C=O) groups is 5. The molecule has 0 saturated heterocycles. The second-order valence-corrected chi connectivity index (χ2v) is 8.16. The van der Waals surface area contributed by atoms with E-state index in [0.717, 1.165) is 0 Å². The predicted octanol–water partition coefficient (Wildman–Crippen LogP) is -1.25. The van der Waals surface area contributed by atoms with Crippen LogP contribution in [0.2, 0.25) is 0 Å². The fourth-order valence-corrected chi connectivity index (χ4v) is 2.87. The molecule has 5 unspecified atom stereocenters. The molecular weight excluding hydrogens is 426 g/mol. The van der Waals surface area contributed by atoms with E-state index >= 15 is 0 Å². The fraction of sp³-hybridized carbons (Fsp3) is 0.737. The van der Waals surface area contributed by atoms with Gasteiger partial charge in [0.05, 0.1) is 6.04 Å². The molecule has 31 heavy (non-hydrogen) atoms. The maximum Gasteiger partial charge on any atom is 0.326 e. The van der Waals surface area contributed by atoms with Gasteiger partial charge in [-0.1, -0.05) is 34.1 Å². The lowest BCUT2D eigenvalue weighted by atomic mass is 9.96. The smallest absolute Gasteiger partial charge is 0.326 e. The second kappa shape index (κ2) is 13.9. The average molecular weight is 462 g/mol. The highest BCUT2D eigenvalue weighted by molar-refractivity contribution is 7.80. The summed E-state index contributed by atoms with van der Waals surface area (Å²) in [5, 5.41) is 16.8. The van der Waals surface area contributed by atoms with Crippen LogP contribution in [-0.2, 0) is 24.0 Å². The number of carboxylic acid groups (broad SMARTS) is 1. The molecule has 0 heterocycles. The first-order valence-corrected chi connectivity index (χ1v) is 10.8. The molecule has 0 fully saturated rings. The van der Waals surface area contributed by atoms with Gasteiger partial charge in [0, 0.05) is 12.2 Å². The number of aliphatic carboxylic acids is 1. The van der Waals surface area contributed by atoms with Crippen LogP contribution >= 0.6 is 12.6 Å². The molecule has 0 aliphatic heterocycles. The first-order valence-electron chi connectivity index (χ1n) is 10.1. The lowest BCUT2D eigenvalue weighted by Crippen LogP contribution is -2.59. The molecule has 0 rings (SSSR count). The molecule has 0 aliphatic carbocycles. The standard InChI is InChI=1S/C19H35N5O6S/c1-5-10(4)15(18(28)23-14(9(2)3)19(29)30)24-17(27)12(8-31)22-16(26)11(20)6-7-13(21)25/h9-12,14-15,31H,5-8,20H2,1-4H3,(H2,21,25)(H,22,26)(H,23,28)(H,24,27)(H,29,30). The van der Waals surface area contributed by atoms with Crippen molar-refractivity contribution in [1.82, 2.24) is 16.0 Å². The van der Waals surface area contributed by atoms with Crippen LogP contribution in [0.3, 0.4) is 0 Å². The molecule has 0 aromatic carbocycles. The van der Waals surface area contributed by atoms with Gasteiger partial charge in [-0.3, -0.25) is 19.2 Å². The van der Waals surface area contributed by atoms with Crippen molar-refractivity contribution in [2.75, 3.05) is 5.75 Å². The summed E-state index contributed by atoms with van der Waals surface area (Å²) in [5.74, 6) is -4.48. The molecule has 11 nitrogen and oxygen atoms in total. The van der Waals surface area contributed by atoms with E-state index in [1.54, 1.807) is 20.8 Å². The van der Waals surface area contributed by atoms with Gasteiger partial charge < -0.3 is 32.5 Å². The van der Waals surface area contributed by atoms with E-state index in [2.05, 4.69) is 28.6 Å². The summed E-state index contributed by atoms with van der Waals surface area (Å²) in [5.41, 5.74) is 10.7. The molecule has 0 saturated carbocycles. The van der Waals surface area contributed by atoms with Crippen LogP contribution in [0.4, 0.5) is 0 Å². The van der Waals surface area contributed by atoms with Crippen molar-refractivity contribution in [3.05, 3.63) is 0 Å². The zero-order valence-corrected chi connectivity index (χ0v) is 19.3. The van der Waals surface area contributed by atoms with Crippen LogP contribution in [0, 0.1) is 11.8 Å². The zero-order valence-electron chi connectivity index (χ0n) is 18.4. The molecule has 0 bridgehead atoms. The molecule has 0 spiro atoms. The minimum Gasteiger partial charge on any atom is -0.480 e. The number of carbonyl (C=O) groups excluding carboxylic acids is 4. The van der Waals surface area contributed by atoms with Gasteiger partial charge in [-0.15, -0.1) is 0 Å². The first-order chi connectivity index (χ1) is 14.3. The maximum atomic E-state index is 12.7. The van der Waals surface area contributed by atoms with Gasteiger partial charge in [0.25, 0.3) is 0 Å². The third kappa shape index (κ3) is 10.0. The SMILES string of the molecule is CCC(C)C(NC(=O)C(CS)NC(=O)C(N)CCC(N)=O)C(=O)NC(C(=O)O)C(C)C. The van der Waals surface area contributed by atoms with Gasteiger partial charge in [0.1, 0.15) is 18.1 Å². The molecule has 8 N–H and O–H groups in total. The summed E-state index contributed by atoms with van der Waals surface area (Å²) < 4.78 is 0. The predicted molar refractivity (Wildman–Crippen MR) is 118 cm³/mol. The maximum absolute atomic E-state index is 12.7. The molecule has 0 aromatic rings. The molecule has 12 heteroatoms. The third-order valence-electron chi connectivity index (χ3n) is 4.88. The highest BCUT2D eigenvalue weighted by Gasteiger charge is 2.33. The Bertz CT molecular complexity index is 660. The topological polar surface area (TPSA) is 194 Å². The van der Waals surface area contributed by atoms with Crippen molar-refractivity contribution in [2.24, 2.45) is 23.3 Å². The summed E-state index contributed by atoms with van der Waals surface area (Å²) in [7, 11) is 0. The van der Waals surface area contributed by atoms with E-state index < -0.39 is 53.8 Å². The van der Waals surface area contributed by atoms with E-state index in [0.29, 0.717) is 6.42 Å². The van der Waals surface area contributed by atoms with Crippen LogP contribution < -0.4 is 27.4 Å². The average Bonchev–Trinajstić information content (AvgIpc) is 2.70. The molecule has 0 aromatic heterocycles. The summed E-state index contributed by atoms with van der Waals surface area (Å²) in [6.07, 6.45) is 0.475.